The number of carbonyl (C=O) groups excluding carboxylic acids is 3. The number of hydrogen-bond donors (Lipinski definition) is 2. The molecule has 1 aliphatic heterocycles. The van der Waals surface area contributed by atoms with Gasteiger partial charge in [-0.05, 0) is 34.2 Å². The highest BCUT2D eigenvalue weighted by Crippen LogP contribution is 2.15. The van der Waals surface area contributed by atoms with Gasteiger partial charge < -0.3 is 9.72 Å². The molecular weight excluding hydrogens is 580 g/mol. The van der Waals surface area contributed by atoms with Gasteiger partial charge in [0.05, 0.1) is 22.9 Å². The average molecular weight is 595 g/mol. The minimum atomic E-state index is -0.656. The zero-order valence-corrected chi connectivity index (χ0v) is 18.2. The molecule has 1 saturated heterocycles. The molecular formula is C17H15I2N3O5. The van der Waals surface area contributed by atoms with E-state index in [1.54, 1.807) is 35.1 Å². The fraction of sp³-hybridized carbons (Fsp3) is 0.176. The molecule has 1 aromatic carbocycles. The number of hydrogen-bond acceptors (Lipinski definition) is 5. The van der Waals surface area contributed by atoms with Crippen LogP contribution in [0.4, 0.5) is 10.5 Å². The van der Waals surface area contributed by atoms with Gasteiger partial charge in [-0.2, -0.15) is 0 Å². The number of H-pyrrole nitrogens is 1. The van der Waals surface area contributed by atoms with Gasteiger partial charge in [-0.25, -0.2) is 7.91 Å². The second-order valence-electron chi connectivity index (χ2n) is 5.32. The second kappa shape index (κ2) is 10.4. The van der Waals surface area contributed by atoms with Crippen molar-refractivity contribution in [3.63, 3.8) is 0 Å². The van der Waals surface area contributed by atoms with Crippen LogP contribution in [0.1, 0.15) is 18.4 Å². The van der Waals surface area contributed by atoms with Crippen molar-refractivity contribution in [1.82, 2.24) is 8.10 Å². The van der Waals surface area contributed by atoms with Gasteiger partial charge in [0.1, 0.15) is 12.3 Å². The maximum absolute atomic E-state index is 11.6. The van der Waals surface area contributed by atoms with E-state index in [0.29, 0.717) is 12.8 Å². The molecule has 0 unspecified atom stereocenters. The van der Waals surface area contributed by atoms with Crippen molar-refractivity contribution in [3.8, 4) is 0 Å². The molecule has 10 heteroatoms. The summed E-state index contributed by atoms with van der Waals surface area (Å²) >= 11 is 3.76. The van der Waals surface area contributed by atoms with E-state index in [0.717, 1.165) is 12.2 Å². The number of ether oxygens (including phenoxy) is 1. The van der Waals surface area contributed by atoms with E-state index in [4.69, 9.17) is 4.74 Å². The molecule has 0 spiro atoms. The molecule has 3 amide bonds. The van der Waals surface area contributed by atoms with Crippen molar-refractivity contribution in [2.45, 2.75) is 19.4 Å². The number of amides is 3. The van der Waals surface area contributed by atoms with Crippen molar-refractivity contribution in [2.24, 2.45) is 0 Å². The summed E-state index contributed by atoms with van der Waals surface area (Å²) in [6.07, 6.45) is 1.68. The van der Waals surface area contributed by atoms with Crippen molar-refractivity contribution >= 4 is 69.1 Å². The Kier molecular flexibility index (Phi) is 8.22. The summed E-state index contributed by atoms with van der Waals surface area (Å²) in [4.78, 5) is 46.5. The lowest BCUT2D eigenvalue weighted by Crippen LogP contribution is -2.20. The molecule has 8 nitrogen and oxygen atoms in total. The minimum Gasteiger partial charge on any atom is -0.444 e. The van der Waals surface area contributed by atoms with E-state index in [-0.39, 0.29) is 29.7 Å². The van der Waals surface area contributed by atoms with Crippen LogP contribution in [0.2, 0.25) is 0 Å². The van der Waals surface area contributed by atoms with Gasteiger partial charge >= 0.3 is 6.09 Å². The standard InChI is InChI=1S/C13H11IN2O3.C4H4INO2/c14-10-6-11(12(17)15-7-10)16-13(18)19-8-9-4-2-1-3-5-9;5-6-3(7)1-2-4(6)8/h1-7H,8H2,(H,15,17)(H,16,18);1-2H2. The van der Waals surface area contributed by atoms with Crippen LogP contribution in [0.5, 0.6) is 0 Å². The van der Waals surface area contributed by atoms with Gasteiger partial charge in [0.2, 0.25) is 11.8 Å². The molecule has 3 rings (SSSR count). The fourth-order valence-electron chi connectivity index (χ4n) is 1.97. The zero-order chi connectivity index (χ0) is 19.8. The van der Waals surface area contributed by atoms with Crippen LogP contribution in [0.15, 0.2) is 47.4 Å². The second-order valence-corrected chi connectivity index (χ2v) is 7.53. The molecule has 2 heterocycles. The Hall–Kier alpha value is -1.96. The molecule has 0 aliphatic carbocycles. The van der Waals surface area contributed by atoms with Crippen LogP contribution < -0.4 is 10.9 Å². The number of anilines is 1. The summed E-state index contributed by atoms with van der Waals surface area (Å²) in [5, 5.41) is 2.41. The number of aromatic amines is 1. The first-order valence-electron chi connectivity index (χ1n) is 7.74. The maximum atomic E-state index is 11.6. The number of benzene rings is 1. The Morgan fingerprint density at radius 1 is 1.15 bits per heavy atom. The average Bonchev–Trinajstić information content (AvgIpc) is 2.95. The SMILES string of the molecule is O=C(Nc1cc(I)c[nH]c1=O)OCc1ccccc1.O=C1CCC(=O)N1I. The third-order valence-electron chi connectivity index (χ3n) is 3.31. The predicted octanol–water partition coefficient (Wildman–Crippen LogP) is 3.21. The zero-order valence-electron chi connectivity index (χ0n) is 13.9. The maximum Gasteiger partial charge on any atom is 0.412 e. The van der Waals surface area contributed by atoms with Gasteiger partial charge in [-0.15, -0.1) is 0 Å². The number of halogens is 2. The third kappa shape index (κ3) is 6.93. The highest BCUT2D eigenvalue weighted by atomic mass is 127. The fourth-order valence-corrected chi connectivity index (χ4v) is 2.92. The number of pyridine rings is 1. The number of carbonyl (C=O) groups is 3. The first-order chi connectivity index (χ1) is 12.9. The summed E-state index contributed by atoms with van der Waals surface area (Å²) in [6.45, 7) is 0.161. The van der Waals surface area contributed by atoms with Crippen molar-refractivity contribution < 1.29 is 19.1 Å². The number of nitrogens with one attached hydrogen (secondary N) is 2. The van der Waals surface area contributed by atoms with Crippen LogP contribution in [0.3, 0.4) is 0 Å². The minimum absolute atomic E-state index is 0.0735. The number of nitrogens with zero attached hydrogens (tertiary/aromatic N) is 1. The first-order valence-corrected chi connectivity index (χ1v) is 9.78. The molecule has 0 saturated carbocycles. The third-order valence-corrected chi connectivity index (χ3v) is 5.01. The van der Waals surface area contributed by atoms with E-state index in [2.05, 4.69) is 10.3 Å². The van der Waals surface area contributed by atoms with Crippen LogP contribution in [0, 0.1) is 3.57 Å². The molecule has 2 N–H and O–H groups in total. The van der Waals surface area contributed by atoms with Crippen molar-refractivity contribution in [1.29, 1.82) is 0 Å². The molecule has 0 atom stereocenters. The van der Waals surface area contributed by atoms with Crippen LogP contribution in [0.25, 0.3) is 0 Å². The molecule has 142 valence electrons. The normalized spacial score (nSPS) is 13.0. The Labute approximate surface area is 182 Å². The van der Waals surface area contributed by atoms with E-state index in [1.807, 2.05) is 52.9 Å². The highest BCUT2D eigenvalue weighted by Gasteiger charge is 2.26. The Balaban J connectivity index is 0.000000273. The van der Waals surface area contributed by atoms with Gasteiger partial charge in [0, 0.05) is 22.6 Å². The van der Waals surface area contributed by atoms with Crippen molar-refractivity contribution in [2.75, 3.05) is 5.32 Å². The van der Waals surface area contributed by atoms with Gasteiger partial charge in [0.25, 0.3) is 5.56 Å². The Morgan fingerprint density at radius 3 is 2.33 bits per heavy atom. The predicted molar refractivity (Wildman–Crippen MR) is 115 cm³/mol. The molecule has 27 heavy (non-hydrogen) atoms. The summed E-state index contributed by atoms with van der Waals surface area (Å²) < 4.78 is 6.97. The summed E-state index contributed by atoms with van der Waals surface area (Å²) in [5.41, 5.74) is 0.691. The quantitative estimate of drug-likeness (QED) is 0.322. The Bertz CT molecular complexity index is 870. The number of aromatic nitrogens is 1. The van der Waals surface area contributed by atoms with E-state index < -0.39 is 6.09 Å². The van der Waals surface area contributed by atoms with Gasteiger partial charge in [-0.3, -0.25) is 19.7 Å². The lowest BCUT2D eigenvalue weighted by Gasteiger charge is -2.06. The number of rotatable bonds is 3. The van der Waals surface area contributed by atoms with Crippen molar-refractivity contribution in [3.05, 3.63) is 62.1 Å². The van der Waals surface area contributed by atoms with Crippen LogP contribution >= 0.6 is 45.5 Å². The van der Waals surface area contributed by atoms with Gasteiger partial charge in [0.15, 0.2) is 0 Å². The lowest BCUT2D eigenvalue weighted by molar-refractivity contribution is -0.130. The molecule has 0 radical (unpaired) electrons. The van der Waals surface area contributed by atoms with Crippen LogP contribution in [-0.4, -0.2) is 26.0 Å². The highest BCUT2D eigenvalue weighted by molar-refractivity contribution is 14.1. The Morgan fingerprint density at radius 2 is 1.78 bits per heavy atom. The lowest BCUT2D eigenvalue weighted by atomic mass is 10.2. The summed E-state index contributed by atoms with van der Waals surface area (Å²) in [7, 11) is 0. The molecule has 1 fully saturated rings. The largest absolute Gasteiger partial charge is 0.444 e. The number of imide groups is 1. The van der Waals surface area contributed by atoms with Crippen LogP contribution in [-0.2, 0) is 20.9 Å². The topological polar surface area (TPSA) is 109 Å². The molecule has 1 aromatic heterocycles. The summed E-state index contributed by atoms with van der Waals surface area (Å²) in [6, 6.07) is 10.9. The van der Waals surface area contributed by atoms with Gasteiger partial charge in [-0.1, -0.05) is 30.3 Å². The molecule has 0 bridgehead atoms. The summed E-state index contributed by atoms with van der Waals surface area (Å²) in [5.74, 6) is -0.147. The van der Waals surface area contributed by atoms with E-state index in [9.17, 15) is 19.2 Å². The van der Waals surface area contributed by atoms with E-state index >= 15 is 0 Å². The smallest absolute Gasteiger partial charge is 0.412 e. The molecule has 1 aliphatic rings. The first kappa shape index (κ1) is 21.3. The monoisotopic (exact) mass is 595 g/mol. The molecule has 2 aromatic rings. The van der Waals surface area contributed by atoms with E-state index in [1.165, 1.54) is 0 Å².